The van der Waals surface area contributed by atoms with Gasteiger partial charge in [0, 0.05) is 0 Å². The van der Waals surface area contributed by atoms with E-state index in [1.54, 1.807) is 0 Å². The number of hydrogen-bond acceptors (Lipinski definition) is 1. The van der Waals surface area contributed by atoms with E-state index >= 15 is 0 Å². The van der Waals surface area contributed by atoms with Crippen LogP contribution in [0.3, 0.4) is 0 Å². The molecular formula is C2H10BN. The average Bonchev–Trinajstić information content (AvgIpc) is 0.918. The number of rotatable bonds is 0. The second kappa shape index (κ2) is 11.8. The molecular weight excluding hydrogens is 48.8 g/mol. The van der Waals surface area contributed by atoms with Gasteiger partial charge in [0.25, 0.3) is 0 Å². The first-order valence-electron chi connectivity index (χ1n) is 1.00. The normalized spacial score (nSPS) is 4.50. The smallest absolute Gasteiger partial charge is 0.0814 e. The maximum Gasteiger partial charge on any atom is 0.0814 e. The van der Waals surface area contributed by atoms with Gasteiger partial charge in [0.1, 0.15) is 0 Å². The first-order valence-corrected chi connectivity index (χ1v) is 1.00. The molecule has 4 heavy (non-hydrogen) atoms. The molecule has 0 atom stereocenters. The SMILES string of the molecule is B.CNC. The summed E-state index contributed by atoms with van der Waals surface area (Å²) < 4.78 is 0. The van der Waals surface area contributed by atoms with Gasteiger partial charge in [0.2, 0.25) is 0 Å². The summed E-state index contributed by atoms with van der Waals surface area (Å²) in [6.07, 6.45) is 0. The van der Waals surface area contributed by atoms with Crippen LogP contribution in [0, 0.1) is 0 Å². The standard InChI is InChI=1S/C2H7N.BH3/c1-3-2;/h3H,1-2H3;1H3. The second-order valence-electron chi connectivity index (χ2n) is 0.500. The Labute approximate surface area is 29.0 Å². The molecule has 0 aliphatic rings. The Bertz CT molecular complexity index is 6.00. The van der Waals surface area contributed by atoms with Gasteiger partial charge in [-0.1, -0.05) is 0 Å². The largest absolute Gasteiger partial charge is 0.323 e. The topological polar surface area (TPSA) is 12.0 Å². The molecule has 0 heterocycles. The third-order valence-electron chi connectivity index (χ3n) is 0. The van der Waals surface area contributed by atoms with Crippen molar-refractivity contribution in [3.05, 3.63) is 0 Å². The molecule has 0 fully saturated rings. The molecule has 1 nitrogen and oxygen atoms in total. The zero-order chi connectivity index (χ0) is 2.71. The minimum atomic E-state index is 0. The molecule has 0 unspecified atom stereocenters. The molecule has 0 aromatic carbocycles. The molecule has 0 saturated heterocycles. The van der Waals surface area contributed by atoms with E-state index in [2.05, 4.69) is 5.32 Å². The van der Waals surface area contributed by atoms with Gasteiger partial charge in [-0.25, -0.2) is 0 Å². The lowest BCUT2D eigenvalue weighted by Crippen LogP contribution is -1.89. The van der Waals surface area contributed by atoms with Crippen molar-refractivity contribution in [2.45, 2.75) is 0 Å². The van der Waals surface area contributed by atoms with Gasteiger partial charge in [-0.05, 0) is 14.1 Å². The van der Waals surface area contributed by atoms with Crippen LogP contribution in [-0.2, 0) is 0 Å². The van der Waals surface area contributed by atoms with E-state index in [4.69, 9.17) is 0 Å². The Morgan fingerprint density at radius 2 is 1.25 bits per heavy atom. The first kappa shape index (κ1) is 8.98. The zero-order valence-electron chi connectivity index (χ0n) is 2.50. The summed E-state index contributed by atoms with van der Waals surface area (Å²) in [4.78, 5) is 0. The summed E-state index contributed by atoms with van der Waals surface area (Å²) >= 11 is 0. The fraction of sp³-hybridized carbons (Fsp3) is 1.00. The highest BCUT2D eigenvalue weighted by atomic mass is 14.7. The van der Waals surface area contributed by atoms with Crippen molar-refractivity contribution in [1.82, 2.24) is 5.32 Å². The molecule has 0 aliphatic heterocycles. The first-order chi connectivity index (χ1) is 1.41. The summed E-state index contributed by atoms with van der Waals surface area (Å²) in [5.74, 6) is 0. The van der Waals surface area contributed by atoms with Crippen LogP contribution >= 0.6 is 0 Å². The van der Waals surface area contributed by atoms with E-state index in [-0.39, 0.29) is 8.41 Å². The highest BCUT2D eigenvalue weighted by molar-refractivity contribution is 5.75. The van der Waals surface area contributed by atoms with Gasteiger partial charge in [0.15, 0.2) is 0 Å². The quantitative estimate of drug-likeness (QED) is 0.340. The third kappa shape index (κ3) is 3420. The number of nitrogens with one attached hydrogen (secondary N) is 1. The van der Waals surface area contributed by atoms with E-state index in [9.17, 15) is 0 Å². The Balaban J connectivity index is 0. The summed E-state index contributed by atoms with van der Waals surface area (Å²) in [6, 6.07) is 0. The van der Waals surface area contributed by atoms with Crippen molar-refractivity contribution >= 4 is 8.41 Å². The molecule has 0 saturated carbocycles. The van der Waals surface area contributed by atoms with Gasteiger partial charge in [-0.2, -0.15) is 0 Å². The average molecular weight is 58.9 g/mol. The van der Waals surface area contributed by atoms with E-state index in [1.165, 1.54) is 0 Å². The van der Waals surface area contributed by atoms with Crippen LogP contribution in [0.5, 0.6) is 0 Å². The van der Waals surface area contributed by atoms with E-state index in [1.807, 2.05) is 14.1 Å². The predicted octanol–water partition coefficient (Wildman–Crippen LogP) is -1.35. The summed E-state index contributed by atoms with van der Waals surface area (Å²) in [5.41, 5.74) is 0. The Morgan fingerprint density at radius 1 is 1.25 bits per heavy atom. The summed E-state index contributed by atoms with van der Waals surface area (Å²) in [6.45, 7) is 0. The van der Waals surface area contributed by atoms with Crippen molar-refractivity contribution in [1.29, 1.82) is 0 Å². The molecule has 0 rings (SSSR count). The van der Waals surface area contributed by atoms with E-state index in [0.717, 1.165) is 0 Å². The predicted molar refractivity (Wildman–Crippen MR) is 24.9 cm³/mol. The van der Waals surface area contributed by atoms with Crippen LogP contribution in [0.2, 0.25) is 0 Å². The minimum absolute atomic E-state index is 0. The van der Waals surface area contributed by atoms with Crippen molar-refractivity contribution in [2.75, 3.05) is 14.1 Å². The monoisotopic (exact) mass is 59.1 g/mol. The van der Waals surface area contributed by atoms with Gasteiger partial charge < -0.3 is 5.32 Å². The summed E-state index contributed by atoms with van der Waals surface area (Å²) in [7, 11) is 3.75. The Kier molecular flexibility index (Phi) is 26.5. The molecule has 0 amide bonds. The molecule has 0 bridgehead atoms. The maximum absolute atomic E-state index is 2.75. The van der Waals surface area contributed by atoms with Gasteiger partial charge in [-0.15, -0.1) is 0 Å². The van der Waals surface area contributed by atoms with E-state index < -0.39 is 0 Å². The van der Waals surface area contributed by atoms with Gasteiger partial charge >= 0.3 is 0 Å². The van der Waals surface area contributed by atoms with Gasteiger partial charge in [-0.3, -0.25) is 0 Å². The fourth-order valence-electron chi connectivity index (χ4n) is 0. The lowest BCUT2D eigenvalue weighted by atomic mass is 10.8. The van der Waals surface area contributed by atoms with Crippen LogP contribution in [0.15, 0.2) is 0 Å². The van der Waals surface area contributed by atoms with Crippen molar-refractivity contribution in [3.8, 4) is 0 Å². The molecule has 2 heteroatoms. The fourth-order valence-corrected chi connectivity index (χ4v) is 0. The zero-order valence-corrected chi connectivity index (χ0v) is 2.50. The van der Waals surface area contributed by atoms with Crippen LogP contribution in [0.1, 0.15) is 0 Å². The lowest BCUT2D eigenvalue weighted by Gasteiger charge is -1.59. The van der Waals surface area contributed by atoms with Crippen LogP contribution < -0.4 is 5.32 Å². The Morgan fingerprint density at radius 3 is 1.25 bits per heavy atom. The van der Waals surface area contributed by atoms with Crippen molar-refractivity contribution < 1.29 is 0 Å². The molecule has 0 spiro atoms. The van der Waals surface area contributed by atoms with Crippen molar-refractivity contribution in [2.24, 2.45) is 0 Å². The lowest BCUT2D eigenvalue weighted by molar-refractivity contribution is 1.02. The van der Waals surface area contributed by atoms with Crippen LogP contribution in [-0.4, -0.2) is 22.5 Å². The molecule has 26 valence electrons. The molecule has 0 radical (unpaired) electrons. The highest BCUT2D eigenvalue weighted by Gasteiger charge is 1.25. The molecule has 1 N–H and O–H groups in total. The number of hydrogen-bond donors (Lipinski definition) is 1. The highest BCUT2D eigenvalue weighted by Crippen LogP contribution is 0.981. The minimum Gasteiger partial charge on any atom is -0.323 e. The van der Waals surface area contributed by atoms with Crippen LogP contribution in [0.4, 0.5) is 0 Å². The third-order valence-corrected chi connectivity index (χ3v) is 0. The van der Waals surface area contributed by atoms with Crippen LogP contribution in [0.25, 0.3) is 0 Å². The Hall–Kier alpha value is 0.0249. The molecule has 0 aromatic rings. The van der Waals surface area contributed by atoms with Gasteiger partial charge in [0.05, 0.1) is 8.41 Å². The summed E-state index contributed by atoms with van der Waals surface area (Å²) in [5, 5.41) is 2.75. The molecule has 0 aliphatic carbocycles. The molecule has 0 aromatic heterocycles. The second-order valence-corrected chi connectivity index (χ2v) is 0.500. The van der Waals surface area contributed by atoms with Crippen molar-refractivity contribution in [3.63, 3.8) is 0 Å². The van der Waals surface area contributed by atoms with E-state index in [0.29, 0.717) is 0 Å². The maximum atomic E-state index is 2.75.